The van der Waals surface area contributed by atoms with Crippen LogP contribution in [0.15, 0.2) is 41.4 Å². The summed E-state index contributed by atoms with van der Waals surface area (Å²) in [5.74, 6) is 0. The lowest BCUT2D eigenvalue weighted by Crippen LogP contribution is -2.34. The predicted octanol–water partition coefficient (Wildman–Crippen LogP) is 7.02. The van der Waals surface area contributed by atoms with Crippen molar-refractivity contribution in [2.24, 2.45) is 4.99 Å². The molecule has 0 bridgehead atoms. The summed E-state index contributed by atoms with van der Waals surface area (Å²) in [4.78, 5) is 5.10. The molecule has 29 heavy (non-hydrogen) atoms. The van der Waals surface area contributed by atoms with Gasteiger partial charge in [0.25, 0.3) is 0 Å². The van der Waals surface area contributed by atoms with Crippen LogP contribution >= 0.6 is 0 Å². The summed E-state index contributed by atoms with van der Waals surface area (Å²) in [5, 5.41) is 3.22. The number of hydrogen-bond acceptors (Lipinski definition) is 2. The highest BCUT2D eigenvalue weighted by atomic mass is 14.8. The number of aliphatic imine (C=N–C) groups is 1. The molecule has 156 valence electrons. The molecule has 2 nitrogen and oxygen atoms in total. The molecular formula is C27H38N2. The van der Waals surface area contributed by atoms with Crippen LogP contribution < -0.4 is 5.32 Å². The van der Waals surface area contributed by atoms with Crippen LogP contribution in [0.1, 0.15) is 88.1 Å². The molecule has 0 saturated heterocycles. The van der Waals surface area contributed by atoms with Gasteiger partial charge in [-0.05, 0) is 71.9 Å². The van der Waals surface area contributed by atoms with Gasteiger partial charge in [0.05, 0.1) is 5.71 Å². The molecule has 0 unspecified atom stereocenters. The van der Waals surface area contributed by atoms with Gasteiger partial charge in [-0.3, -0.25) is 4.99 Å². The zero-order chi connectivity index (χ0) is 21.2. The van der Waals surface area contributed by atoms with Gasteiger partial charge in [0.2, 0.25) is 0 Å². The Labute approximate surface area is 177 Å². The SMILES string of the molecule is CCCCN=C(c1ccc(NC)cc1)c1cc2c(cc1C)C(C)(C)CCC2(C)C. The lowest BCUT2D eigenvalue weighted by molar-refractivity contribution is 0.331. The third kappa shape index (κ3) is 4.42. The largest absolute Gasteiger partial charge is 0.388 e. The molecule has 0 saturated carbocycles. The first-order chi connectivity index (χ1) is 13.7. The number of fused-ring (bicyclic) bond motifs is 1. The van der Waals surface area contributed by atoms with Crippen LogP contribution in [-0.2, 0) is 10.8 Å². The Morgan fingerprint density at radius 1 is 0.966 bits per heavy atom. The number of hydrogen-bond donors (Lipinski definition) is 1. The zero-order valence-electron chi connectivity index (χ0n) is 19.4. The average molecular weight is 391 g/mol. The van der Waals surface area contributed by atoms with E-state index in [1.165, 1.54) is 47.1 Å². The van der Waals surface area contributed by atoms with E-state index < -0.39 is 0 Å². The third-order valence-corrected chi connectivity index (χ3v) is 6.68. The first-order valence-electron chi connectivity index (χ1n) is 11.2. The van der Waals surface area contributed by atoms with Crippen molar-refractivity contribution in [3.8, 4) is 0 Å². The molecule has 0 atom stereocenters. The Kier molecular flexibility index (Phi) is 6.22. The highest BCUT2D eigenvalue weighted by Gasteiger charge is 2.37. The van der Waals surface area contributed by atoms with E-state index in [1.54, 1.807) is 0 Å². The highest BCUT2D eigenvalue weighted by Crippen LogP contribution is 2.46. The summed E-state index contributed by atoms with van der Waals surface area (Å²) >= 11 is 0. The van der Waals surface area contributed by atoms with Crippen molar-refractivity contribution in [3.63, 3.8) is 0 Å². The van der Waals surface area contributed by atoms with Crippen LogP contribution in [0.5, 0.6) is 0 Å². The number of rotatable bonds is 6. The first kappa shape index (κ1) is 21.6. The molecule has 2 heteroatoms. The summed E-state index contributed by atoms with van der Waals surface area (Å²) in [5.41, 5.74) is 9.58. The van der Waals surface area contributed by atoms with Crippen LogP contribution in [0, 0.1) is 6.92 Å². The van der Waals surface area contributed by atoms with Gasteiger partial charge in [-0.2, -0.15) is 0 Å². The minimum absolute atomic E-state index is 0.206. The topological polar surface area (TPSA) is 24.4 Å². The Morgan fingerprint density at radius 3 is 2.10 bits per heavy atom. The molecule has 0 aromatic heterocycles. The van der Waals surface area contributed by atoms with Crippen molar-refractivity contribution >= 4 is 11.4 Å². The Hall–Kier alpha value is -2.09. The fraction of sp³-hybridized carbons (Fsp3) is 0.519. The molecule has 3 rings (SSSR count). The molecule has 1 aliphatic rings. The molecule has 0 fully saturated rings. The van der Waals surface area contributed by atoms with Crippen LogP contribution in [0.3, 0.4) is 0 Å². The summed E-state index contributed by atoms with van der Waals surface area (Å²) in [6.45, 7) is 15.0. The maximum Gasteiger partial charge on any atom is 0.0721 e. The highest BCUT2D eigenvalue weighted by molar-refractivity contribution is 6.14. The Morgan fingerprint density at radius 2 is 1.55 bits per heavy atom. The standard InChI is InChI=1S/C27H38N2/c1-8-9-16-29-25(20-10-12-21(28-7)13-11-20)22-18-24-23(17-19(22)2)26(3,4)14-15-27(24,5)6/h10-13,17-18,28H,8-9,14-16H2,1-7H3. The van der Waals surface area contributed by atoms with E-state index in [0.717, 1.165) is 24.4 Å². The van der Waals surface area contributed by atoms with E-state index in [0.29, 0.717) is 0 Å². The van der Waals surface area contributed by atoms with Gasteiger partial charge < -0.3 is 5.32 Å². The second-order valence-electron chi connectivity index (χ2n) is 9.89. The van der Waals surface area contributed by atoms with Crippen molar-refractivity contribution in [1.29, 1.82) is 0 Å². The van der Waals surface area contributed by atoms with Gasteiger partial charge in [-0.1, -0.05) is 59.2 Å². The van der Waals surface area contributed by atoms with Crippen LogP contribution in [0.2, 0.25) is 0 Å². The van der Waals surface area contributed by atoms with Crippen molar-refractivity contribution in [1.82, 2.24) is 0 Å². The van der Waals surface area contributed by atoms with Gasteiger partial charge in [-0.15, -0.1) is 0 Å². The van der Waals surface area contributed by atoms with Gasteiger partial charge in [-0.25, -0.2) is 0 Å². The molecule has 0 spiro atoms. The summed E-state index contributed by atoms with van der Waals surface area (Å²) in [6.07, 6.45) is 4.77. The zero-order valence-corrected chi connectivity index (χ0v) is 19.4. The number of anilines is 1. The van der Waals surface area contributed by atoms with Crippen LogP contribution in [0.4, 0.5) is 5.69 Å². The fourth-order valence-corrected chi connectivity index (χ4v) is 4.45. The van der Waals surface area contributed by atoms with Gasteiger partial charge in [0, 0.05) is 30.4 Å². The lowest BCUT2D eigenvalue weighted by atomic mass is 9.62. The number of nitrogens with zero attached hydrogens (tertiary/aromatic N) is 1. The van der Waals surface area contributed by atoms with E-state index in [-0.39, 0.29) is 10.8 Å². The monoisotopic (exact) mass is 390 g/mol. The molecule has 2 aromatic carbocycles. The molecule has 0 heterocycles. The van der Waals surface area contributed by atoms with E-state index in [4.69, 9.17) is 4.99 Å². The van der Waals surface area contributed by atoms with Gasteiger partial charge in [0.15, 0.2) is 0 Å². The summed E-state index contributed by atoms with van der Waals surface area (Å²) in [7, 11) is 1.96. The first-order valence-corrected chi connectivity index (χ1v) is 11.2. The minimum Gasteiger partial charge on any atom is -0.388 e. The molecule has 0 aliphatic heterocycles. The molecule has 0 amide bonds. The molecule has 0 radical (unpaired) electrons. The van der Waals surface area contributed by atoms with E-state index in [9.17, 15) is 0 Å². The van der Waals surface area contributed by atoms with Crippen molar-refractivity contribution in [3.05, 3.63) is 64.2 Å². The van der Waals surface area contributed by atoms with Gasteiger partial charge >= 0.3 is 0 Å². The maximum atomic E-state index is 5.10. The van der Waals surface area contributed by atoms with E-state index in [2.05, 4.69) is 83.3 Å². The summed E-state index contributed by atoms with van der Waals surface area (Å²) < 4.78 is 0. The van der Waals surface area contributed by atoms with Crippen molar-refractivity contribution in [2.45, 2.75) is 78.1 Å². The molecule has 1 N–H and O–H groups in total. The number of aryl methyl sites for hydroxylation is 1. The van der Waals surface area contributed by atoms with E-state index >= 15 is 0 Å². The van der Waals surface area contributed by atoms with Crippen LogP contribution in [0.25, 0.3) is 0 Å². The van der Waals surface area contributed by atoms with Gasteiger partial charge in [0.1, 0.15) is 0 Å². The van der Waals surface area contributed by atoms with Crippen molar-refractivity contribution < 1.29 is 0 Å². The molecule has 2 aromatic rings. The second kappa shape index (κ2) is 8.34. The lowest BCUT2D eigenvalue weighted by Gasteiger charge is -2.42. The Balaban J connectivity index is 2.16. The predicted molar refractivity (Wildman–Crippen MR) is 128 cm³/mol. The third-order valence-electron chi connectivity index (χ3n) is 6.68. The molecule has 1 aliphatic carbocycles. The smallest absolute Gasteiger partial charge is 0.0721 e. The summed E-state index contributed by atoms with van der Waals surface area (Å²) in [6, 6.07) is 13.6. The van der Waals surface area contributed by atoms with E-state index in [1.807, 2.05) is 7.05 Å². The fourth-order valence-electron chi connectivity index (χ4n) is 4.45. The molecular weight excluding hydrogens is 352 g/mol. The average Bonchev–Trinajstić information content (AvgIpc) is 2.69. The van der Waals surface area contributed by atoms with Crippen LogP contribution in [-0.4, -0.2) is 19.3 Å². The minimum atomic E-state index is 0.206. The Bertz CT molecular complexity index is 885. The number of unbranched alkanes of at least 4 members (excludes halogenated alkanes) is 1. The normalized spacial score (nSPS) is 17.7. The second-order valence-corrected chi connectivity index (χ2v) is 9.89. The number of benzene rings is 2. The number of nitrogens with one attached hydrogen (secondary N) is 1. The quantitative estimate of drug-likeness (QED) is 0.416. The van der Waals surface area contributed by atoms with Crippen molar-refractivity contribution in [2.75, 3.05) is 18.9 Å². The maximum absolute atomic E-state index is 5.10.